The molecule has 0 aromatic rings. The topological polar surface area (TPSA) is 9.23 Å². The normalized spacial score (nSPS) is 12.0. The SMILES string of the molecule is CCC(CC)(CCl)CCCCOC. The predicted molar refractivity (Wildman–Crippen MR) is 59.5 cm³/mol. The van der Waals surface area contributed by atoms with Crippen molar-refractivity contribution in [1.82, 2.24) is 0 Å². The first-order chi connectivity index (χ1) is 6.24. The summed E-state index contributed by atoms with van der Waals surface area (Å²) in [4.78, 5) is 0. The molecule has 1 nitrogen and oxygen atoms in total. The average Bonchev–Trinajstić information content (AvgIpc) is 2.20. The monoisotopic (exact) mass is 206 g/mol. The number of alkyl halides is 1. The fraction of sp³-hybridized carbons (Fsp3) is 1.00. The molecule has 0 radical (unpaired) electrons. The van der Waals surface area contributed by atoms with Crippen LogP contribution in [-0.4, -0.2) is 19.6 Å². The van der Waals surface area contributed by atoms with E-state index in [0.717, 1.165) is 18.9 Å². The highest BCUT2D eigenvalue weighted by Gasteiger charge is 2.23. The number of hydrogen-bond acceptors (Lipinski definition) is 1. The maximum atomic E-state index is 6.01. The molecule has 2 heteroatoms. The quantitative estimate of drug-likeness (QED) is 0.433. The minimum absolute atomic E-state index is 0.384. The fourth-order valence-corrected chi connectivity index (χ4v) is 2.12. The molecule has 13 heavy (non-hydrogen) atoms. The van der Waals surface area contributed by atoms with Crippen molar-refractivity contribution in [3.8, 4) is 0 Å². The van der Waals surface area contributed by atoms with Gasteiger partial charge in [-0.1, -0.05) is 20.3 Å². The van der Waals surface area contributed by atoms with Crippen LogP contribution in [0.1, 0.15) is 46.0 Å². The third-order valence-electron chi connectivity index (χ3n) is 3.09. The summed E-state index contributed by atoms with van der Waals surface area (Å²) in [5.74, 6) is 0.799. The lowest BCUT2D eigenvalue weighted by Gasteiger charge is -2.29. The zero-order valence-corrected chi connectivity index (χ0v) is 9.99. The molecule has 0 atom stereocenters. The van der Waals surface area contributed by atoms with Gasteiger partial charge in [-0.05, 0) is 31.1 Å². The highest BCUT2D eigenvalue weighted by Crippen LogP contribution is 2.33. The Bertz CT molecular complexity index is 102. The van der Waals surface area contributed by atoms with Crippen molar-refractivity contribution in [2.45, 2.75) is 46.0 Å². The number of halogens is 1. The lowest BCUT2D eigenvalue weighted by Crippen LogP contribution is -2.20. The van der Waals surface area contributed by atoms with Gasteiger partial charge in [0.2, 0.25) is 0 Å². The second kappa shape index (κ2) is 7.64. The molecule has 0 N–H and O–H groups in total. The molecule has 0 rings (SSSR count). The fourth-order valence-electron chi connectivity index (χ4n) is 1.61. The minimum Gasteiger partial charge on any atom is -0.385 e. The van der Waals surface area contributed by atoms with E-state index in [-0.39, 0.29) is 0 Å². The van der Waals surface area contributed by atoms with E-state index in [4.69, 9.17) is 16.3 Å². The Hall–Kier alpha value is 0.250. The van der Waals surface area contributed by atoms with Gasteiger partial charge in [-0.25, -0.2) is 0 Å². The number of rotatable bonds is 8. The largest absolute Gasteiger partial charge is 0.385 e. The molecule has 0 bridgehead atoms. The van der Waals surface area contributed by atoms with Gasteiger partial charge in [0, 0.05) is 19.6 Å². The number of unbranched alkanes of at least 4 members (excludes halogenated alkanes) is 1. The van der Waals surface area contributed by atoms with E-state index >= 15 is 0 Å². The molecule has 0 aliphatic heterocycles. The second-order valence-corrected chi connectivity index (χ2v) is 4.06. The Morgan fingerprint density at radius 2 is 1.77 bits per heavy atom. The van der Waals surface area contributed by atoms with Crippen molar-refractivity contribution in [2.24, 2.45) is 5.41 Å². The van der Waals surface area contributed by atoms with Gasteiger partial charge in [-0.3, -0.25) is 0 Å². The number of hydrogen-bond donors (Lipinski definition) is 0. The van der Waals surface area contributed by atoms with Gasteiger partial charge >= 0.3 is 0 Å². The molecule has 0 spiro atoms. The molecule has 80 valence electrons. The van der Waals surface area contributed by atoms with E-state index in [1.165, 1.54) is 25.7 Å². The Balaban J connectivity index is 3.68. The van der Waals surface area contributed by atoms with Crippen LogP contribution in [0.2, 0.25) is 0 Å². The molecule has 0 aliphatic rings. The highest BCUT2D eigenvalue weighted by molar-refractivity contribution is 6.18. The summed E-state index contributed by atoms with van der Waals surface area (Å²) in [6.07, 6.45) is 6.03. The zero-order valence-electron chi connectivity index (χ0n) is 9.24. The summed E-state index contributed by atoms with van der Waals surface area (Å²) in [5, 5.41) is 0. The van der Waals surface area contributed by atoms with Crippen LogP contribution in [0, 0.1) is 5.41 Å². The van der Waals surface area contributed by atoms with Gasteiger partial charge in [0.1, 0.15) is 0 Å². The summed E-state index contributed by atoms with van der Waals surface area (Å²) in [6, 6.07) is 0. The standard InChI is InChI=1S/C11H23ClO/c1-4-11(5-2,10-12)8-6-7-9-13-3/h4-10H2,1-3H3. The third kappa shape index (κ3) is 4.87. The minimum atomic E-state index is 0.384. The predicted octanol–water partition coefficient (Wildman–Crippen LogP) is 3.85. The van der Waals surface area contributed by atoms with Crippen molar-refractivity contribution < 1.29 is 4.74 Å². The van der Waals surface area contributed by atoms with Crippen LogP contribution in [0.25, 0.3) is 0 Å². The lowest BCUT2D eigenvalue weighted by molar-refractivity contribution is 0.182. The van der Waals surface area contributed by atoms with E-state index < -0.39 is 0 Å². The van der Waals surface area contributed by atoms with E-state index in [0.29, 0.717) is 5.41 Å². The van der Waals surface area contributed by atoms with Crippen molar-refractivity contribution in [2.75, 3.05) is 19.6 Å². The molecule has 0 saturated carbocycles. The molecule has 0 unspecified atom stereocenters. The smallest absolute Gasteiger partial charge is 0.0462 e. The van der Waals surface area contributed by atoms with Crippen LogP contribution in [-0.2, 0) is 4.74 Å². The summed E-state index contributed by atoms with van der Waals surface area (Å²) >= 11 is 6.01. The third-order valence-corrected chi connectivity index (χ3v) is 3.66. The number of methoxy groups -OCH3 is 1. The lowest BCUT2D eigenvalue weighted by atomic mass is 9.80. The number of ether oxygens (including phenoxy) is 1. The van der Waals surface area contributed by atoms with Crippen LogP contribution in [0.5, 0.6) is 0 Å². The molecule has 0 heterocycles. The van der Waals surface area contributed by atoms with Crippen molar-refractivity contribution in [3.63, 3.8) is 0 Å². The van der Waals surface area contributed by atoms with Gasteiger partial charge < -0.3 is 4.74 Å². The Morgan fingerprint density at radius 1 is 1.15 bits per heavy atom. The Morgan fingerprint density at radius 3 is 2.15 bits per heavy atom. The summed E-state index contributed by atoms with van der Waals surface area (Å²) in [6.45, 7) is 5.36. The van der Waals surface area contributed by atoms with Gasteiger partial charge in [0.15, 0.2) is 0 Å². The highest BCUT2D eigenvalue weighted by atomic mass is 35.5. The first-order valence-electron chi connectivity index (χ1n) is 5.29. The van der Waals surface area contributed by atoms with Crippen LogP contribution in [0.15, 0.2) is 0 Å². The van der Waals surface area contributed by atoms with E-state index in [9.17, 15) is 0 Å². The van der Waals surface area contributed by atoms with Crippen LogP contribution >= 0.6 is 11.6 Å². The van der Waals surface area contributed by atoms with Crippen molar-refractivity contribution in [3.05, 3.63) is 0 Å². The first-order valence-corrected chi connectivity index (χ1v) is 5.83. The van der Waals surface area contributed by atoms with Crippen LogP contribution in [0.3, 0.4) is 0 Å². The van der Waals surface area contributed by atoms with E-state index in [1.54, 1.807) is 7.11 Å². The van der Waals surface area contributed by atoms with Crippen molar-refractivity contribution in [1.29, 1.82) is 0 Å². The molecule has 0 fully saturated rings. The van der Waals surface area contributed by atoms with E-state index in [2.05, 4.69) is 13.8 Å². The second-order valence-electron chi connectivity index (χ2n) is 3.79. The zero-order chi connectivity index (χ0) is 10.2. The van der Waals surface area contributed by atoms with E-state index in [1.807, 2.05) is 0 Å². The summed E-state index contributed by atoms with van der Waals surface area (Å²) < 4.78 is 5.02. The molecule has 0 saturated heterocycles. The molecule has 0 aromatic heterocycles. The Labute approximate surface area is 87.8 Å². The molecule has 0 aromatic carbocycles. The van der Waals surface area contributed by atoms with Gasteiger partial charge in [-0.15, -0.1) is 11.6 Å². The van der Waals surface area contributed by atoms with Crippen molar-refractivity contribution >= 4 is 11.6 Å². The molecular weight excluding hydrogens is 184 g/mol. The average molecular weight is 207 g/mol. The molecule has 0 aliphatic carbocycles. The summed E-state index contributed by atoms with van der Waals surface area (Å²) in [7, 11) is 1.76. The summed E-state index contributed by atoms with van der Waals surface area (Å²) in [5.41, 5.74) is 0.384. The first kappa shape index (κ1) is 13.2. The van der Waals surface area contributed by atoms with Gasteiger partial charge in [0.05, 0.1) is 0 Å². The molecule has 0 amide bonds. The van der Waals surface area contributed by atoms with Gasteiger partial charge in [-0.2, -0.15) is 0 Å². The maximum absolute atomic E-state index is 6.01. The Kier molecular flexibility index (Phi) is 7.78. The maximum Gasteiger partial charge on any atom is 0.0462 e. The van der Waals surface area contributed by atoms with Gasteiger partial charge in [0.25, 0.3) is 0 Å². The molecular formula is C11H23ClO. The van der Waals surface area contributed by atoms with Crippen LogP contribution in [0.4, 0.5) is 0 Å². The van der Waals surface area contributed by atoms with Crippen LogP contribution < -0.4 is 0 Å².